The SMILES string of the molecule is CC(C)(C)OC(=O)c1ccc(-c2ccc3nccc(C(=O)NCC(=O)N4C[C@@H](F)C[C@H]4C(=O)c4nc5ccccc5o4)c3c2)cc1. The molecule has 0 radical (unpaired) electrons. The number of likely N-dealkylation sites (tertiary alicyclic amines) is 1. The van der Waals surface area contributed by atoms with Gasteiger partial charge in [-0.1, -0.05) is 30.3 Å². The van der Waals surface area contributed by atoms with Gasteiger partial charge in [-0.2, -0.15) is 0 Å². The van der Waals surface area contributed by atoms with Crippen molar-refractivity contribution in [2.24, 2.45) is 0 Å². The van der Waals surface area contributed by atoms with Crippen LogP contribution >= 0.6 is 0 Å². The van der Waals surface area contributed by atoms with E-state index in [2.05, 4.69) is 15.3 Å². The quantitative estimate of drug-likeness (QED) is 0.185. The number of nitrogens with one attached hydrogen (secondary N) is 1. The Bertz CT molecular complexity index is 1950. The second-order valence-corrected chi connectivity index (χ2v) is 12.1. The van der Waals surface area contributed by atoms with Gasteiger partial charge in [-0.3, -0.25) is 19.4 Å². The topological polar surface area (TPSA) is 132 Å². The Hall–Kier alpha value is -5.45. The number of carbonyl (C=O) groups excluding carboxylic acids is 4. The molecule has 2 aromatic heterocycles. The molecule has 3 aromatic carbocycles. The number of esters is 1. The highest BCUT2D eigenvalue weighted by molar-refractivity contribution is 6.08. The number of oxazole rings is 1. The molecule has 11 heteroatoms. The lowest BCUT2D eigenvalue weighted by Gasteiger charge is -2.22. The van der Waals surface area contributed by atoms with Gasteiger partial charge in [0.05, 0.1) is 29.7 Å². The number of para-hydroxylation sites is 2. The Morgan fingerprint density at radius 2 is 1.72 bits per heavy atom. The van der Waals surface area contributed by atoms with Crippen LogP contribution in [0, 0.1) is 0 Å². The van der Waals surface area contributed by atoms with Crippen LogP contribution in [0.15, 0.2) is 83.4 Å². The summed E-state index contributed by atoms with van der Waals surface area (Å²) in [6, 6.07) is 19.7. The average Bonchev–Trinajstić information content (AvgIpc) is 3.65. The van der Waals surface area contributed by atoms with Crippen molar-refractivity contribution in [3.05, 3.63) is 96.0 Å². The minimum atomic E-state index is -1.40. The molecule has 2 atom stereocenters. The zero-order valence-electron chi connectivity index (χ0n) is 25.5. The number of Topliss-reactive ketones (excluding diaryl/α,β-unsaturated/α-hetero) is 1. The van der Waals surface area contributed by atoms with E-state index in [1.807, 2.05) is 12.1 Å². The number of alkyl halides is 1. The fourth-order valence-electron chi connectivity index (χ4n) is 5.44. The smallest absolute Gasteiger partial charge is 0.338 e. The zero-order valence-corrected chi connectivity index (χ0v) is 25.5. The summed E-state index contributed by atoms with van der Waals surface area (Å²) in [7, 11) is 0. The van der Waals surface area contributed by atoms with Crippen LogP contribution < -0.4 is 5.32 Å². The van der Waals surface area contributed by atoms with Crippen molar-refractivity contribution < 1.29 is 32.7 Å². The lowest BCUT2D eigenvalue weighted by atomic mass is 9.99. The summed E-state index contributed by atoms with van der Waals surface area (Å²) in [6.45, 7) is 4.68. The monoisotopic (exact) mass is 622 g/mol. The lowest BCUT2D eigenvalue weighted by molar-refractivity contribution is -0.130. The Morgan fingerprint density at radius 1 is 0.978 bits per heavy atom. The maximum absolute atomic E-state index is 14.5. The first-order valence-electron chi connectivity index (χ1n) is 14.8. The van der Waals surface area contributed by atoms with Crippen molar-refractivity contribution in [2.75, 3.05) is 13.1 Å². The van der Waals surface area contributed by atoms with E-state index in [0.717, 1.165) is 16.0 Å². The van der Waals surface area contributed by atoms with Crippen LogP contribution in [-0.2, 0) is 9.53 Å². The number of ether oxygens (including phenoxy) is 1. The molecule has 1 N–H and O–H groups in total. The third kappa shape index (κ3) is 6.35. The highest BCUT2D eigenvalue weighted by atomic mass is 19.1. The molecule has 0 spiro atoms. The molecule has 1 aliphatic heterocycles. The van der Waals surface area contributed by atoms with Crippen LogP contribution in [0.5, 0.6) is 0 Å². The first kappa shape index (κ1) is 30.6. The Labute approximate surface area is 263 Å². The van der Waals surface area contributed by atoms with Crippen LogP contribution in [-0.4, -0.2) is 69.3 Å². The van der Waals surface area contributed by atoms with Crippen LogP contribution in [0.1, 0.15) is 58.6 Å². The second-order valence-electron chi connectivity index (χ2n) is 12.1. The Morgan fingerprint density at radius 3 is 2.46 bits per heavy atom. The van der Waals surface area contributed by atoms with Gasteiger partial charge < -0.3 is 19.4 Å². The van der Waals surface area contributed by atoms with Gasteiger partial charge in [-0.15, -0.1) is 0 Å². The van der Waals surface area contributed by atoms with Crippen molar-refractivity contribution in [2.45, 2.75) is 45.0 Å². The number of nitrogens with zero attached hydrogens (tertiary/aromatic N) is 3. The van der Waals surface area contributed by atoms with Gasteiger partial charge in [0.2, 0.25) is 11.7 Å². The predicted molar refractivity (Wildman–Crippen MR) is 168 cm³/mol. The number of amides is 2. The summed E-state index contributed by atoms with van der Waals surface area (Å²) in [5, 5.41) is 3.17. The minimum absolute atomic E-state index is 0.187. The van der Waals surface area contributed by atoms with Gasteiger partial charge in [0.15, 0.2) is 5.58 Å². The Balaban J connectivity index is 1.16. The minimum Gasteiger partial charge on any atom is -0.456 e. The van der Waals surface area contributed by atoms with Gasteiger partial charge in [-0.25, -0.2) is 14.2 Å². The number of halogens is 1. The fourth-order valence-corrected chi connectivity index (χ4v) is 5.44. The molecule has 0 saturated carbocycles. The molecular formula is C35H31FN4O6. The van der Waals surface area contributed by atoms with Crippen LogP contribution in [0.3, 0.4) is 0 Å². The summed E-state index contributed by atoms with van der Waals surface area (Å²) in [6.07, 6.45) is -0.0931. The molecule has 0 bridgehead atoms. The molecule has 46 heavy (non-hydrogen) atoms. The molecule has 1 fully saturated rings. The zero-order chi connectivity index (χ0) is 32.6. The van der Waals surface area contributed by atoms with Gasteiger partial charge in [0.1, 0.15) is 23.3 Å². The van der Waals surface area contributed by atoms with E-state index >= 15 is 0 Å². The molecule has 234 valence electrons. The molecule has 1 saturated heterocycles. The van der Waals surface area contributed by atoms with Gasteiger partial charge in [0, 0.05) is 18.0 Å². The first-order chi connectivity index (χ1) is 22.0. The highest BCUT2D eigenvalue weighted by Gasteiger charge is 2.41. The number of ketones is 1. The van der Waals surface area contributed by atoms with E-state index in [9.17, 15) is 23.6 Å². The molecule has 0 unspecified atom stereocenters. The molecule has 6 rings (SSSR count). The summed E-state index contributed by atoms with van der Waals surface area (Å²) in [5.41, 5.74) is 3.15. The summed E-state index contributed by atoms with van der Waals surface area (Å²) in [4.78, 5) is 61.8. The van der Waals surface area contributed by atoms with Crippen molar-refractivity contribution in [3.8, 4) is 11.1 Å². The van der Waals surface area contributed by atoms with Crippen LogP contribution in [0.25, 0.3) is 33.1 Å². The number of benzene rings is 3. The molecular weight excluding hydrogens is 591 g/mol. The van der Waals surface area contributed by atoms with E-state index < -0.39 is 47.9 Å². The average molecular weight is 623 g/mol. The maximum atomic E-state index is 14.5. The first-order valence-corrected chi connectivity index (χ1v) is 14.8. The van der Waals surface area contributed by atoms with E-state index in [1.165, 1.54) is 6.20 Å². The molecule has 3 heterocycles. The van der Waals surface area contributed by atoms with Gasteiger partial charge in [-0.05, 0) is 74.4 Å². The van der Waals surface area contributed by atoms with Gasteiger partial charge in [0.25, 0.3) is 11.8 Å². The van der Waals surface area contributed by atoms with E-state index in [4.69, 9.17) is 9.15 Å². The maximum Gasteiger partial charge on any atom is 0.338 e. The molecule has 5 aromatic rings. The largest absolute Gasteiger partial charge is 0.456 e. The number of hydrogen-bond acceptors (Lipinski definition) is 8. The van der Waals surface area contributed by atoms with Gasteiger partial charge >= 0.3 is 5.97 Å². The number of pyridine rings is 1. The molecule has 10 nitrogen and oxygen atoms in total. The number of rotatable bonds is 7. The van der Waals surface area contributed by atoms with E-state index in [-0.39, 0.29) is 24.4 Å². The number of aromatic nitrogens is 2. The molecule has 1 aliphatic rings. The van der Waals surface area contributed by atoms with E-state index in [1.54, 1.807) is 81.4 Å². The molecule has 0 aliphatic carbocycles. The van der Waals surface area contributed by atoms with Crippen molar-refractivity contribution >= 4 is 45.6 Å². The predicted octanol–water partition coefficient (Wildman–Crippen LogP) is 5.55. The normalized spacial score (nSPS) is 16.5. The fraction of sp³-hybridized carbons (Fsp3) is 0.257. The van der Waals surface area contributed by atoms with Crippen LogP contribution in [0.4, 0.5) is 4.39 Å². The third-order valence-corrected chi connectivity index (χ3v) is 7.62. The summed E-state index contributed by atoms with van der Waals surface area (Å²) >= 11 is 0. The highest BCUT2D eigenvalue weighted by Crippen LogP contribution is 2.28. The standard InChI is InChI=1S/C35H31FN4O6/c1-35(2,3)46-34(44)21-10-8-20(9-11-21)22-12-13-26-25(16-22)24(14-15-37-26)32(43)38-18-30(41)40-19-23(36)17-28(40)31(42)33-39-27-6-4-5-7-29(27)45-33/h4-16,23,28H,17-19H2,1-3H3,(H,38,43)/t23-,28-/m0/s1. The van der Waals surface area contributed by atoms with Crippen molar-refractivity contribution in [1.82, 2.24) is 20.2 Å². The van der Waals surface area contributed by atoms with Crippen molar-refractivity contribution in [1.29, 1.82) is 0 Å². The lowest BCUT2D eigenvalue weighted by Crippen LogP contribution is -2.45. The number of fused-ring (bicyclic) bond motifs is 2. The molecule has 2 amide bonds. The van der Waals surface area contributed by atoms with E-state index in [0.29, 0.717) is 27.6 Å². The number of hydrogen-bond donors (Lipinski definition) is 1. The number of carbonyl (C=O) groups is 4. The van der Waals surface area contributed by atoms with Crippen molar-refractivity contribution in [3.63, 3.8) is 0 Å². The summed E-state index contributed by atoms with van der Waals surface area (Å²) in [5.74, 6) is -2.35. The summed E-state index contributed by atoms with van der Waals surface area (Å²) < 4.78 is 25.5. The third-order valence-electron chi connectivity index (χ3n) is 7.62. The van der Waals surface area contributed by atoms with Crippen LogP contribution in [0.2, 0.25) is 0 Å². The Kier molecular flexibility index (Phi) is 8.08. The second kappa shape index (κ2) is 12.2.